The molecule has 0 aliphatic carbocycles. The summed E-state index contributed by atoms with van der Waals surface area (Å²) < 4.78 is 0. The van der Waals surface area contributed by atoms with Gasteiger partial charge in [0.15, 0.2) is 0 Å². The average Bonchev–Trinajstić information content (AvgIpc) is 2.45. The molecule has 1 atom stereocenters. The number of piperidine rings is 1. The van der Waals surface area contributed by atoms with Gasteiger partial charge >= 0.3 is 0 Å². The molecule has 1 fully saturated rings. The van der Waals surface area contributed by atoms with E-state index >= 15 is 0 Å². The average molecular weight is 312 g/mol. The molecule has 23 heavy (non-hydrogen) atoms. The summed E-state index contributed by atoms with van der Waals surface area (Å²) in [5, 5.41) is 3.23. The summed E-state index contributed by atoms with van der Waals surface area (Å²) in [4.78, 5) is 20.3. The highest BCUT2D eigenvalue weighted by Crippen LogP contribution is 2.26. The first kappa shape index (κ1) is 15.8. The van der Waals surface area contributed by atoms with Crippen LogP contribution < -0.4 is 5.32 Å². The molecule has 0 bridgehead atoms. The first-order valence-corrected chi connectivity index (χ1v) is 8.13. The van der Waals surface area contributed by atoms with Crippen LogP contribution in [0.1, 0.15) is 41.7 Å². The summed E-state index contributed by atoms with van der Waals surface area (Å²) in [6.07, 6.45) is 2.40. The van der Waals surface area contributed by atoms with Gasteiger partial charge < -0.3 is 10.2 Å². The summed E-state index contributed by atoms with van der Waals surface area (Å²) in [6.45, 7) is 8.09. The number of likely N-dealkylation sites (tertiary alicyclic amines) is 1. The molecule has 1 aliphatic heterocycles. The Kier molecular flexibility index (Phi) is 4.52. The lowest BCUT2D eigenvalue weighted by atomic mass is 9.95. The standard InChI is InChI=1S/C17H24N6/c1-11-8-12(2)19-17(18-11)22-16-9-15(20-13(3)21-16)14-6-5-7-23(4)10-14/h8-9,14H,5-7,10H2,1-4H3,(H,18,19,20,21,22)/t14-/m1/s1. The van der Waals surface area contributed by atoms with E-state index in [-0.39, 0.29) is 0 Å². The Balaban J connectivity index is 1.85. The molecule has 0 amide bonds. The van der Waals surface area contributed by atoms with Crippen molar-refractivity contribution in [2.75, 3.05) is 25.5 Å². The van der Waals surface area contributed by atoms with Gasteiger partial charge in [-0.05, 0) is 53.3 Å². The highest BCUT2D eigenvalue weighted by molar-refractivity contribution is 5.49. The molecule has 6 nitrogen and oxygen atoms in total. The third-order valence-corrected chi connectivity index (χ3v) is 4.12. The van der Waals surface area contributed by atoms with Gasteiger partial charge in [-0.2, -0.15) is 0 Å². The van der Waals surface area contributed by atoms with Gasteiger partial charge in [-0.3, -0.25) is 0 Å². The van der Waals surface area contributed by atoms with Crippen molar-refractivity contribution in [1.82, 2.24) is 24.8 Å². The topological polar surface area (TPSA) is 66.8 Å². The maximum atomic E-state index is 4.65. The number of hydrogen-bond acceptors (Lipinski definition) is 6. The predicted molar refractivity (Wildman–Crippen MR) is 91.0 cm³/mol. The molecular formula is C17H24N6. The molecule has 2 aromatic rings. The molecule has 2 aromatic heterocycles. The van der Waals surface area contributed by atoms with Crippen LogP contribution in [0.3, 0.4) is 0 Å². The number of likely N-dealkylation sites (N-methyl/N-ethyl adjacent to an activating group) is 1. The van der Waals surface area contributed by atoms with Crippen molar-refractivity contribution in [3.8, 4) is 0 Å². The minimum Gasteiger partial charge on any atom is -0.309 e. The fourth-order valence-electron chi connectivity index (χ4n) is 3.17. The van der Waals surface area contributed by atoms with Gasteiger partial charge in [-0.15, -0.1) is 0 Å². The first-order valence-electron chi connectivity index (χ1n) is 8.13. The molecule has 0 unspecified atom stereocenters. The first-order chi connectivity index (χ1) is 11.0. The molecule has 1 N–H and O–H groups in total. The van der Waals surface area contributed by atoms with Crippen LogP contribution in [0.4, 0.5) is 11.8 Å². The highest BCUT2D eigenvalue weighted by atomic mass is 15.2. The minimum atomic E-state index is 0.469. The van der Waals surface area contributed by atoms with Crippen LogP contribution in [0.15, 0.2) is 12.1 Å². The Bertz CT molecular complexity index is 679. The number of aromatic nitrogens is 4. The number of rotatable bonds is 3. The van der Waals surface area contributed by atoms with Crippen LogP contribution in [0.25, 0.3) is 0 Å². The Hall–Kier alpha value is -2.08. The van der Waals surface area contributed by atoms with Crippen LogP contribution in [0, 0.1) is 20.8 Å². The molecular weight excluding hydrogens is 288 g/mol. The predicted octanol–water partition coefficient (Wildman–Crippen LogP) is 2.74. The van der Waals surface area contributed by atoms with E-state index in [1.165, 1.54) is 19.4 Å². The molecule has 0 spiro atoms. The SMILES string of the molecule is Cc1cc(C)nc(Nc2cc([C@@H]3CCCN(C)C3)nc(C)n2)n1. The molecule has 0 radical (unpaired) electrons. The fraction of sp³-hybridized carbons (Fsp3) is 0.529. The van der Waals surface area contributed by atoms with Gasteiger partial charge in [-0.25, -0.2) is 19.9 Å². The second kappa shape index (κ2) is 6.58. The molecule has 6 heteroatoms. The van der Waals surface area contributed by atoms with E-state index in [0.29, 0.717) is 11.9 Å². The summed E-state index contributed by atoms with van der Waals surface area (Å²) in [5.41, 5.74) is 3.00. The Morgan fingerprint density at radius 3 is 2.48 bits per heavy atom. The van der Waals surface area contributed by atoms with Crippen molar-refractivity contribution in [3.63, 3.8) is 0 Å². The summed E-state index contributed by atoms with van der Waals surface area (Å²) in [7, 11) is 2.17. The lowest BCUT2D eigenvalue weighted by Crippen LogP contribution is -2.31. The van der Waals surface area contributed by atoms with Crippen molar-refractivity contribution in [1.29, 1.82) is 0 Å². The number of hydrogen-bond donors (Lipinski definition) is 1. The van der Waals surface area contributed by atoms with Crippen LogP contribution in [-0.2, 0) is 0 Å². The van der Waals surface area contributed by atoms with E-state index in [0.717, 1.165) is 35.3 Å². The third kappa shape index (κ3) is 4.01. The Labute approximate surface area is 137 Å². The number of anilines is 2. The molecule has 1 saturated heterocycles. The van der Waals surface area contributed by atoms with E-state index < -0.39 is 0 Å². The molecule has 0 saturated carbocycles. The molecule has 1 aliphatic rings. The Morgan fingerprint density at radius 1 is 1.04 bits per heavy atom. The maximum Gasteiger partial charge on any atom is 0.228 e. The van der Waals surface area contributed by atoms with Gasteiger partial charge in [-0.1, -0.05) is 0 Å². The van der Waals surface area contributed by atoms with Crippen LogP contribution in [0.2, 0.25) is 0 Å². The largest absolute Gasteiger partial charge is 0.309 e. The van der Waals surface area contributed by atoms with Crippen molar-refractivity contribution in [2.24, 2.45) is 0 Å². The van der Waals surface area contributed by atoms with Crippen molar-refractivity contribution >= 4 is 11.8 Å². The summed E-state index contributed by atoms with van der Waals surface area (Å²) in [5.74, 6) is 2.61. The van der Waals surface area contributed by atoms with Gasteiger partial charge in [0.25, 0.3) is 0 Å². The number of aryl methyl sites for hydroxylation is 3. The van der Waals surface area contributed by atoms with E-state index in [2.05, 4.69) is 37.2 Å². The van der Waals surface area contributed by atoms with Gasteiger partial charge in [0.1, 0.15) is 11.6 Å². The monoisotopic (exact) mass is 312 g/mol. The molecule has 3 heterocycles. The van der Waals surface area contributed by atoms with Crippen molar-refractivity contribution in [3.05, 3.63) is 35.0 Å². The van der Waals surface area contributed by atoms with Gasteiger partial charge in [0.2, 0.25) is 5.95 Å². The second-order valence-corrected chi connectivity index (χ2v) is 6.43. The number of nitrogens with zero attached hydrogens (tertiary/aromatic N) is 5. The lowest BCUT2D eigenvalue weighted by molar-refractivity contribution is 0.248. The third-order valence-electron chi connectivity index (χ3n) is 4.12. The smallest absolute Gasteiger partial charge is 0.228 e. The van der Waals surface area contributed by atoms with Gasteiger partial charge in [0, 0.05) is 29.9 Å². The van der Waals surface area contributed by atoms with Crippen molar-refractivity contribution < 1.29 is 0 Å². The summed E-state index contributed by atoms with van der Waals surface area (Å²) >= 11 is 0. The zero-order chi connectivity index (χ0) is 16.4. The summed E-state index contributed by atoms with van der Waals surface area (Å²) in [6, 6.07) is 4.00. The van der Waals surface area contributed by atoms with Crippen molar-refractivity contribution in [2.45, 2.75) is 39.5 Å². The van der Waals surface area contributed by atoms with Crippen LogP contribution in [0.5, 0.6) is 0 Å². The molecule has 3 rings (SSSR count). The maximum absolute atomic E-state index is 4.65. The van der Waals surface area contributed by atoms with E-state index in [1.807, 2.05) is 32.9 Å². The Morgan fingerprint density at radius 2 is 1.78 bits per heavy atom. The van der Waals surface area contributed by atoms with Gasteiger partial charge in [0.05, 0.1) is 5.69 Å². The zero-order valence-electron chi connectivity index (χ0n) is 14.3. The highest BCUT2D eigenvalue weighted by Gasteiger charge is 2.21. The van der Waals surface area contributed by atoms with Crippen LogP contribution >= 0.6 is 0 Å². The normalized spacial score (nSPS) is 18.9. The van der Waals surface area contributed by atoms with E-state index in [1.54, 1.807) is 0 Å². The fourth-order valence-corrected chi connectivity index (χ4v) is 3.17. The quantitative estimate of drug-likeness (QED) is 0.940. The lowest BCUT2D eigenvalue weighted by Gasteiger charge is -2.29. The minimum absolute atomic E-state index is 0.469. The second-order valence-electron chi connectivity index (χ2n) is 6.43. The number of nitrogens with one attached hydrogen (secondary N) is 1. The van der Waals surface area contributed by atoms with E-state index in [4.69, 9.17) is 0 Å². The molecule has 122 valence electrons. The molecule has 0 aromatic carbocycles. The van der Waals surface area contributed by atoms with E-state index in [9.17, 15) is 0 Å². The zero-order valence-corrected chi connectivity index (χ0v) is 14.3. The van der Waals surface area contributed by atoms with Crippen LogP contribution in [-0.4, -0.2) is 45.0 Å².